The molecule has 0 aromatic rings. The van der Waals surface area contributed by atoms with Gasteiger partial charge in [-0.25, -0.2) is 4.39 Å². The minimum absolute atomic E-state index is 0.482. The van der Waals surface area contributed by atoms with E-state index in [2.05, 4.69) is 5.32 Å². The third-order valence-corrected chi connectivity index (χ3v) is 2.48. The van der Waals surface area contributed by atoms with Crippen molar-refractivity contribution in [1.82, 2.24) is 5.32 Å². The van der Waals surface area contributed by atoms with Gasteiger partial charge in [0.2, 0.25) is 0 Å². The SMILES string of the molecule is NCCC1=CC=CNC1(F)I. The van der Waals surface area contributed by atoms with Crippen molar-refractivity contribution in [2.45, 2.75) is 10.2 Å². The molecule has 0 saturated heterocycles. The lowest BCUT2D eigenvalue weighted by molar-refractivity contribution is 0.317. The Bertz CT molecular complexity index is 199. The Balaban J connectivity index is 2.71. The molecule has 1 aliphatic rings. The van der Waals surface area contributed by atoms with E-state index in [1.165, 1.54) is 0 Å². The van der Waals surface area contributed by atoms with Crippen LogP contribution < -0.4 is 11.1 Å². The van der Waals surface area contributed by atoms with Gasteiger partial charge in [-0.3, -0.25) is 0 Å². The molecule has 1 heterocycles. The van der Waals surface area contributed by atoms with Gasteiger partial charge in [0.1, 0.15) is 0 Å². The van der Waals surface area contributed by atoms with Crippen molar-refractivity contribution >= 4 is 22.6 Å². The predicted molar refractivity (Wildman–Crippen MR) is 51.9 cm³/mol. The number of nitrogens with one attached hydrogen (secondary N) is 1. The van der Waals surface area contributed by atoms with Crippen molar-refractivity contribution < 1.29 is 4.39 Å². The van der Waals surface area contributed by atoms with E-state index >= 15 is 0 Å². The number of halogens is 2. The summed E-state index contributed by atoms with van der Waals surface area (Å²) in [7, 11) is 0. The number of allylic oxidation sites excluding steroid dienone is 2. The van der Waals surface area contributed by atoms with E-state index in [0.717, 1.165) is 0 Å². The molecule has 0 aliphatic carbocycles. The maximum Gasteiger partial charge on any atom is 0.252 e. The third-order valence-electron chi connectivity index (χ3n) is 1.48. The maximum atomic E-state index is 13.4. The highest BCUT2D eigenvalue weighted by molar-refractivity contribution is 14.1. The monoisotopic (exact) mass is 268 g/mol. The van der Waals surface area contributed by atoms with E-state index < -0.39 is 3.80 Å². The largest absolute Gasteiger partial charge is 0.348 e. The van der Waals surface area contributed by atoms with Gasteiger partial charge < -0.3 is 11.1 Å². The highest BCUT2D eigenvalue weighted by atomic mass is 127. The van der Waals surface area contributed by atoms with Crippen LogP contribution >= 0.6 is 22.6 Å². The quantitative estimate of drug-likeness (QED) is 0.452. The normalized spacial score (nSPS) is 29.5. The minimum atomic E-state index is -1.44. The van der Waals surface area contributed by atoms with Crippen molar-refractivity contribution in [2.24, 2.45) is 5.73 Å². The molecule has 0 spiro atoms. The summed E-state index contributed by atoms with van der Waals surface area (Å²) in [5, 5.41) is 2.61. The zero-order chi connectivity index (χ0) is 8.32. The van der Waals surface area contributed by atoms with Crippen LogP contribution in [0, 0.1) is 0 Å². The molecule has 0 fully saturated rings. The van der Waals surface area contributed by atoms with E-state index in [1.54, 1.807) is 40.9 Å². The maximum absolute atomic E-state index is 13.4. The van der Waals surface area contributed by atoms with E-state index in [9.17, 15) is 4.39 Å². The van der Waals surface area contributed by atoms with Crippen molar-refractivity contribution in [3.63, 3.8) is 0 Å². The van der Waals surface area contributed by atoms with Gasteiger partial charge in [0.15, 0.2) is 0 Å². The fourth-order valence-corrected chi connectivity index (χ4v) is 1.54. The second kappa shape index (κ2) is 3.53. The summed E-state index contributed by atoms with van der Waals surface area (Å²) in [6.45, 7) is 0.482. The fourth-order valence-electron chi connectivity index (χ4n) is 0.910. The summed E-state index contributed by atoms with van der Waals surface area (Å²) in [5.74, 6) is 0. The molecule has 1 unspecified atom stereocenters. The van der Waals surface area contributed by atoms with Crippen LogP contribution in [0.2, 0.25) is 0 Å². The van der Waals surface area contributed by atoms with Gasteiger partial charge in [0.05, 0.1) is 0 Å². The molecule has 0 amide bonds. The molecular formula is C7H10FIN2. The van der Waals surface area contributed by atoms with Crippen LogP contribution in [-0.2, 0) is 0 Å². The zero-order valence-electron chi connectivity index (χ0n) is 5.98. The zero-order valence-corrected chi connectivity index (χ0v) is 8.14. The first kappa shape index (κ1) is 8.99. The Labute approximate surface area is 78.9 Å². The topological polar surface area (TPSA) is 38.0 Å². The van der Waals surface area contributed by atoms with Crippen molar-refractivity contribution in [3.05, 3.63) is 23.9 Å². The van der Waals surface area contributed by atoms with E-state index in [-0.39, 0.29) is 0 Å². The third kappa shape index (κ3) is 2.16. The molecule has 2 nitrogen and oxygen atoms in total. The molecule has 1 rings (SSSR count). The van der Waals surface area contributed by atoms with Gasteiger partial charge in [-0.2, -0.15) is 0 Å². The lowest BCUT2D eigenvalue weighted by atomic mass is 10.1. The fraction of sp³-hybridized carbons (Fsp3) is 0.429. The van der Waals surface area contributed by atoms with Crippen LogP contribution in [-0.4, -0.2) is 10.3 Å². The number of hydrogen-bond donors (Lipinski definition) is 2. The standard InChI is InChI=1S/C7H10FIN2/c8-7(9)6(3-4-10)2-1-5-11-7/h1-2,5,11H,3-4,10H2. The van der Waals surface area contributed by atoms with Gasteiger partial charge in [-0.05, 0) is 47.2 Å². The number of hydrogen-bond acceptors (Lipinski definition) is 2. The summed E-state index contributed by atoms with van der Waals surface area (Å²) in [5.41, 5.74) is 6.02. The Morgan fingerprint density at radius 1 is 1.73 bits per heavy atom. The highest BCUT2D eigenvalue weighted by Crippen LogP contribution is 2.30. The lowest BCUT2D eigenvalue weighted by Crippen LogP contribution is -2.34. The molecule has 62 valence electrons. The molecule has 4 heteroatoms. The Morgan fingerprint density at radius 2 is 2.45 bits per heavy atom. The van der Waals surface area contributed by atoms with Crippen molar-refractivity contribution in [2.75, 3.05) is 6.54 Å². The Kier molecular flexibility index (Phi) is 2.89. The van der Waals surface area contributed by atoms with Crippen LogP contribution in [0.5, 0.6) is 0 Å². The van der Waals surface area contributed by atoms with E-state index in [4.69, 9.17) is 5.73 Å². The highest BCUT2D eigenvalue weighted by Gasteiger charge is 2.29. The molecule has 0 aromatic carbocycles. The van der Waals surface area contributed by atoms with Crippen LogP contribution in [0.1, 0.15) is 6.42 Å². The van der Waals surface area contributed by atoms with Crippen LogP contribution in [0.25, 0.3) is 0 Å². The first-order valence-electron chi connectivity index (χ1n) is 3.38. The molecule has 0 radical (unpaired) electrons. The predicted octanol–water partition coefficient (Wildman–Crippen LogP) is 1.44. The molecule has 3 N–H and O–H groups in total. The van der Waals surface area contributed by atoms with E-state index in [1.807, 2.05) is 0 Å². The molecule has 11 heavy (non-hydrogen) atoms. The van der Waals surface area contributed by atoms with Gasteiger partial charge >= 0.3 is 0 Å². The second-order valence-electron chi connectivity index (χ2n) is 2.31. The van der Waals surface area contributed by atoms with Crippen molar-refractivity contribution in [1.29, 1.82) is 0 Å². The lowest BCUT2D eigenvalue weighted by Gasteiger charge is -2.24. The summed E-state index contributed by atoms with van der Waals surface area (Å²) in [6, 6.07) is 0. The Hall–Kier alpha value is -0.100. The summed E-state index contributed by atoms with van der Waals surface area (Å²) >= 11 is 1.72. The summed E-state index contributed by atoms with van der Waals surface area (Å²) in [6.07, 6.45) is 5.72. The number of alkyl halides is 2. The molecular weight excluding hydrogens is 258 g/mol. The first-order valence-corrected chi connectivity index (χ1v) is 4.46. The number of dihydropyridines is 1. The van der Waals surface area contributed by atoms with Crippen molar-refractivity contribution in [3.8, 4) is 0 Å². The van der Waals surface area contributed by atoms with Gasteiger partial charge in [0, 0.05) is 6.20 Å². The Morgan fingerprint density at radius 3 is 3.00 bits per heavy atom. The summed E-state index contributed by atoms with van der Waals surface area (Å²) < 4.78 is 12.0. The van der Waals surface area contributed by atoms with Gasteiger partial charge in [-0.1, -0.05) is 6.08 Å². The average Bonchev–Trinajstić information content (AvgIpc) is 1.94. The molecule has 1 aliphatic heterocycles. The number of nitrogens with two attached hydrogens (primary N) is 1. The molecule has 0 aromatic heterocycles. The van der Waals surface area contributed by atoms with E-state index in [0.29, 0.717) is 18.5 Å². The van der Waals surface area contributed by atoms with Gasteiger partial charge in [-0.15, -0.1) is 0 Å². The van der Waals surface area contributed by atoms with Gasteiger partial charge in [0.25, 0.3) is 3.80 Å². The number of rotatable bonds is 2. The molecule has 0 saturated carbocycles. The van der Waals surface area contributed by atoms with Crippen LogP contribution in [0.15, 0.2) is 23.9 Å². The summed E-state index contributed by atoms with van der Waals surface area (Å²) in [4.78, 5) is 0. The van der Waals surface area contributed by atoms with Crippen LogP contribution in [0.4, 0.5) is 4.39 Å². The first-order chi connectivity index (χ1) is 5.17. The van der Waals surface area contributed by atoms with Crippen LogP contribution in [0.3, 0.4) is 0 Å². The molecule has 1 atom stereocenters. The minimum Gasteiger partial charge on any atom is -0.348 e. The molecule has 0 bridgehead atoms. The second-order valence-corrected chi connectivity index (χ2v) is 3.79. The average molecular weight is 268 g/mol. The smallest absolute Gasteiger partial charge is 0.252 e.